The van der Waals surface area contributed by atoms with E-state index in [1.807, 2.05) is 19.1 Å². The number of benzene rings is 1. The molecule has 0 saturated heterocycles. The number of aromatic nitrogens is 7. The Bertz CT molecular complexity index is 1370. The summed E-state index contributed by atoms with van der Waals surface area (Å²) in [5, 5.41) is 0. The van der Waals surface area contributed by atoms with Crippen LogP contribution in [-0.2, 0) is 0 Å². The maximum atomic E-state index is 13.4. The lowest BCUT2D eigenvalue weighted by Gasteiger charge is -2.13. The zero-order valence-corrected chi connectivity index (χ0v) is 14.7. The molecule has 0 fully saturated rings. The number of nitrogens with zero attached hydrogens (tertiary/aromatic N) is 6. The van der Waals surface area contributed by atoms with E-state index >= 15 is 0 Å². The van der Waals surface area contributed by atoms with Crippen LogP contribution >= 0.6 is 0 Å². The van der Waals surface area contributed by atoms with Gasteiger partial charge in [0.1, 0.15) is 17.7 Å². The molecule has 1 aromatic carbocycles. The number of fused-ring (bicyclic) bond motifs is 2. The van der Waals surface area contributed by atoms with Crippen molar-refractivity contribution in [3.8, 4) is 5.95 Å². The maximum Gasteiger partial charge on any atom is 0.328 e. The largest absolute Gasteiger partial charge is 0.328 e. The minimum Gasteiger partial charge on any atom is -0.303 e. The standard InChI is InChI=1S/C19H14FN7O/c1-11(12-3-2-6-21-8-12)27-17-15(24-19(27)28)9-22-18(25-17)26-10-23-14-7-13(20)4-5-16(14)26/h2-11H,1H3,(H,24,28). The van der Waals surface area contributed by atoms with Crippen molar-refractivity contribution in [2.75, 3.05) is 0 Å². The van der Waals surface area contributed by atoms with Crippen molar-refractivity contribution in [1.82, 2.24) is 34.1 Å². The molecule has 4 heterocycles. The van der Waals surface area contributed by atoms with Crippen molar-refractivity contribution in [2.24, 2.45) is 0 Å². The Morgan fingerprint density at radius 1 is 1.18 bits per heavy atom. The van der Waals surface area contributed by atoms with E-state index in [4.69, 9.17) is 0 Å². The fourth-order valence-corrected chi connectivity index (χ4v) is 3.30. The van der Waals surface area contributed by atoms with E-state index in [9.17, 15) is 9.18 Å². The van der Waals surface area contributed by atoms with Crippen molar-refractivity contribution >= 4 is 22.2 Å². The average molecular weight is 375 g/mol. The Kier molecular flexibility index (Phi) is 3.54. The molecular formula is C19H14FN7O. The quantitative estimate of drug-likeness (QED) is 0.523. The van der Waals surface area contributed by atoms with Gasteiger partial charge in [0.2, 0.25) is 5.95 Å². The topological polar surface area (TPSA) is 94.3 Å². The molecular weight excluding hydrogens is 361 g/mol. The van der Waals surface area contributed by atoms with Gasteiger partial charge in [0, 0.05) is 18.5 Å². The van der Waals surface area contributed by atoms with Crippen molar-refractivity contribution in [3.63, 3.8) is 0 Å². The van der Waals surface area contributed by atoms with E-state index in [0.717, 1.165) is 5.56 Å². The predicted octanol–water partition coefficient (Wildman–Crippen LogP) is 2.60. The van der Waals surface area contributed by atoms with Crippen LogP contribution in [0.4, 0.5) is 4.39 Å². The first kappa shape index (κ1) is 16.3. The first-order valence-electron chi connectivity index (χ1n) is 8.62. The van der Waals surface area contributed by atoms with Gasteiger partial charge in [-0.2, -0.15) is 4.98 Å². The Hall–Kier alpha value is -3.88. The Labute approximate surface area is 157 Å². The summed E-state index contributed by atoms with van der Waals surface area (Å²) < 4.78 is 16.7. The first-order valence-corrected chi connectivity index (χ1v) is 8.62. The highest BCUT2D eigenvalue weighted by atomic mass is 19.1. The Morgan fingerprint density at radius 2 is 2.07 bits per heavy atom. The van der Waals surface area contributed by atoms with Gasteiger partial charge in [-0.25, -0.2) is 19.2 Å². The van der Waals surface area contributed by atoms with Crippen LogP contribution in [0.3, 0.4) is 0 Å². The molecule has 0 aliphatic rings. The molecule has 0 bridgehead atoms. The summed E-state index contributed by atoms with van der Waals surface area (Å²) in [6.45, 7) is 1.91. The number of H-pyrrole nitrogens is 1. The van der Waals surface area contributed by atoms with E-state index < -0.39 is 0 Å². The third-order valence-electron chi connectivity index (χ3n) is 4.72. The number of aromatic amines is 1. The lowest BCUT2D eigenvalue weighted by molar-refractivity contribution is 0.627. The second kappa shape index (κ2) is 6.08. The normalized spacial score (nSPS) is 12.6. The van der Waals surface area contributed by atoms with Crippen LogP contribution in [0.15, 0.2) is 60.0 Å². The van der Waals surface area contributed by atoms with Crippen LogP contribution in [0.1, 0.15) is 18.5 Å². The number of hydrogen-bond acceptors (Lipinski definition) is 5. The molecule has 8 nitrogen and oxygen atoms in total. The molecule has 1 N–H and O–H groups in total. The number of nitrogens with one attached hydrogen (secondary N) is 1. The average Bonchev–Trinajstić information content (AvgIpc) is 3.27. The van der Waals surface area contributed by atoms with Gasteiger partial charge in [-0.1, -0.05) is 6.07 Å². The molecule has 0 spiro atoms. The predicted molar refractivity (Wildman–Crippen MR) is 101 cm³/mol. The minimum atomic E-state index is -0.362. The molecule has 4 aromatic heterocycles. The summed E-state index contributed by atoms with van der Waals surface area (Å²) in [7, 11) is 0. The molecule has 138 valence electrons. The third kappa shape index (κ3) is 2.48. The molecule has 0 amide bonds. The first-order chi connectivity index (χ1) is 13.6. The monoisotopic (exact) mass is 375 g/mol. The van der Waals surface area contributed by atoms with Crippen LogP contribution in [0.5, 0.6) is 0 Å². The molecule has 9 heteroatoms. The highest BCUT2D eigenvalue weighted by Gasteiger charge is 2.18. The van der Waals surface area contributed by atoms with Gasteiger partial charge < -0.3 is 4.98 Å². The van der Waals surface area contributed by atoms with Crippen LogP contribution in [-0.4, -0.2) is 34.1 Å². The van der Waals surface area contributed by atoms with E-state index in [2.05, 4.69) is 24.9 Å². The maximum absolute atomic E-state index is 13.4. The number of halogens is 1. The molecule has 5 aromatic rings. The number of imidazole rings is 2. The van der Waals surface area contributed by atoms with E-state index in [0.29, 0.717) is 28.1 Å². The smallest absolute Gasteiger partial charge is 0.303 e. The van der Waals surface area contributed by atoms with Crippen molar-refractivity contribution < 1.29 is 4.39 Å². The lowest BCUT2D eigenvalue weighted by atomic mass is 10.1. The fourth-order valence-electron chi connectivity index (χ4n) is 3.30. The van der Waals surface area contributed by atoms with Crippen molar-refractivity contribution in [1.29, 1.82) is 0 Å². The van der Waals surface area contributed by atoms with Gasteiger partial charge in [0.25, 0.3) is 0 Å². The third-order valence-corrected chi connectivity index (χ3v) is 4.72. The zero-order valence-electron chi connectivity index (χ0n) is 14.7. The van der Waals surface area contributed by atoms with Crippen LogP contribution in [0, 0.1) is 5.82 Å². The second-order valence-corrected chi connectivity index (χ2v) is 6.42. The lowest BCUT2D eigenvalue weighted by Crippen LogP contribution is -2.21. The molecule has 0 aliphatic heterocycles. The summed E-state index contributed by atoms with van der Waals surface area (Å²) in [5.41, 5.74) is 2.77. The number of pyridine rings is 1. The summed E-state index contributed by atoms with van der Waals surface area (Å²) >= 11 is 0. The van der Waals surface area contributed by atoms with Gasteiger partial charge >= 0.3 is 5.69 Å². The molecule has 28 heavy (non-hydrogen) atoms. The summed E-state index contributed by atoms with van der Waals surface area (Å²) in [5.74, 6) is -0.0216. The van der Waals surface area contributed by atoms with Gasteiger partial charge in [-0.3, -0.25) is 14.1 Å². The zero-order chi connectivity index (χ0) is 19.3. The summed E-state index contributed by atoms with van der Waals surface area (Å²) in [6, 6.07) is 7.78. The van der Waals surface area contributed by atoms with Gasteiger partial charge in [0.15, 0.2) is 5.65 Å². The Morgan fingerprint density at radius 3 is 2.89 bits per heavy atom. The number of rotatable bonds is 3. The highest BCUT2D eigenvalue weighted by Crippen LogP contribution is 2.21. The summed E-state index contributed by atoms with van der Waals surface area (Å²) in [4.78, 5) is 32.6. The molecule has 0 saturated carbocycles. The van der Waals surface area contributed by atoms with E-state index in [1.54, 1.807) is 33.8 Å². The summed E-state index contributed by atoms with van der Waals surface area (Å²) in [6.07, 6.45) is 6.49. The van der Waals surface area contributed by atoms with E-state index in [1.165, 1.54) is 18.5 Å². The van der Waals surface area contributed by atoms with E-state index in [-0.39, 0.29) is 17.5 Å². The van der Waals surface area contributed by atoms with Crippen molar-refractivity contribution in [3.05, 3.63) is 77.1 Å². The highest BCUT2D eigenvalue weighted by molar-refractivity contribution is 5.77. The fraction of sp³-hybridized carbons (Fsp3) is 0.105. The van der Waals surface area contributed by atoms with Crippen LogP contribution in [0.2, 0.25) is 0 Å². The molecule has 0 aliphatic carbocycles. The SMILES string of the molecule is CC(c1cccnc1)n1c(=O)[nH]c2cnc(-n3cnc4cc(F)ccc43)nc21. The van der Waals surface area contributed by atoms with Crippen LogP contribution in [0.25, 0.3) is 28.1 Å². The van der Waals surface area contributed by atoms with Gasteiger partial charge in [-0.15, -0.1) is 0 Å². The molecule has 1 atom stereocenters. The Balaban J connectivity index is 1.69. The molecule has 0 radical (unpaired) electrons. The van der Waals surface area contributed by atoms with Gasteiger partial charge in [-0.05, 0) is 30.7 Å². The minimum absolute atomic E-state index is 0.272. The second-order valence-electron chi connectivity index (χ2n) is 6.42. The van der Waals surface area contributed by atoms with Crippen LogP contribution < -0.4 is 5.69 Å². The van der Waals surface area contributed by atoms with Crippen molar-refractivity contribution in [2.45, 2.75) is 13.0 Å². The molecule has 5 rings (SSSR count). The molecule has 1 unspecified atom stereocenters. The van der Waals surface area contributed by atoms with Gasteiger partial charge in [0.05, 0.1) is 23.3 Å². The number of hydrogen-bond donors (Lipinski definition) is 1.